The van der Waals surface area contributed by atoms with Gasteiger partial charge in [-0.15, -0.1) is 12.4 Å². The molecule has 1 amide bonds. The zero-order valence-electron chi connectivity index (χ0n) is 13.4. The van der Waals surface area contributed by atoms with Crippen LogP contribution in [0.5, 0.6) is 0 Å². The van der Waals surface area contributed by atoms with Crippen LogP contribution in [0.4, 0.5) is 0 Å². The highest BCUT2D eigenvalue weighted by Gasteiger charge is 2.24. The lowest BCUT2D eigenvalue weighted by molar-refractivity contribution is 0.0674. The number of sulfonamides is 1. The highest BCUT2D eigenvalue weighted by Crippen LogP contribution is 2.19. The predicted octanol–water partition coefficient (Wildman–Crippen LogP) is 1.09. The number of carbonyl (C=O) groups excluding carboxylic acids is 1. The number of piperidine rings is 1. The van der Waals surface area contributed by atoms with Gasteiger partial charge in [0, 0.05) is 18.7 Å². The molecule has 2 rings (SSSR count). The Kier molecular flexibility index (Phi) is 7.47. The second kappa shape index (κ2) is 8.63. The zero-order chi connectivity index (χ0) is 16.2. The third kappa shape index (κ3) is 4.91. The first-order chi connectivity index (χ1) is 10.5. The maximum atomic E-state index is 12.5. The number of likely N-dealkylation sites (tertiary alicyclic amines) is 1. The molecular formula is C15H24ClN3O3S. The van der Waals surface area contributed by atoms with Gasteiger partial charge in [-0.05, 0) is 63.7 Å². The van der Waals surface area contributed by atoms with E-state index < -0.39 is 10.0 Å². The molecule has 6 nitrogen and oxygen atoms in total. The van der Waals surface area contributed by atoms with E-state index in [4.69, 9.17) is 0 Å². The number of rotatable bonds is 5. The van der Waals surface area contributed by atoms with E-state index in [0.29, 0.717) is 11.5 Å². The van der Waals surface area contributed by atoms with Gasteiger partial charge in [0.25, 0.3) is 5.91 Å². The monoisotopic (exact) mass is 361 g/mol. The Balaban J connectivity index is 0.00000264. The molecule has 8 heteroatoms. The number of benzene rings is 1. The van der Waals surface area contributed by atoms with E-state index in [1.54, 1.807) is 12.1 Å². The molecule has 0 aromatic heterocycles. The molecule has 1 aromatic carbocycles. The molecule has 0 spiro atoms. The van der Waals surface area contributed by atoms with E-state index in [2.05, 4.69) is 10.0 Å². The van der Waals surface area contributed by atoms with Crippen molar-refractivity contribution < 1.29 is 13.2 Å². The van der Waals surface area contributed by atoms with Crippen molar-refractivity contribution >= 4 is 28.3 Å². The fourth-order valence-corrected chi connectivity index (χ4v) is 3.51. The van der Waals surface area contributed by atoms with Crippen LogP contribution in [0.3, 0.4) is 0 Å². The number of nitrogens with zero attached hydrogens (tertiary/aromatic N) is 1. The minimum atomic E-state index is -3.46. The van der Waals surface area contributed by atoms with Gasteiger partial charge >= 0.3 is 0 Å². The van der Waals surface area contributed by atoms with Crippen molar-refractivity contribution in [2.45, 2.75) is 17.7 Å². The topological polar surface area (TPSA) is 78.5 Å². The van der Waals surface area contributed by atoms with Crippen LogP contribution in [0.15, 0.2) is 29.2 Å². The van der Waals surface area contributed by atoms with Crippen molar-refractivity contribution in [1.29, 1.82) is 0 Å². The van der Waals surface area contributed by atoms with Gasteiger partial charge in [-0.2, -0.15) is 0 Å². The van der Waals surface area contributed by atoms with Gasteiger partial charge in [0.15, 0.2) is 0 Å². The molecule has 1 aromatic rings. The summed E-state index contributed by atoms with van der Waals surface area (Å²) in [6.45, 7) is 2.41. The van der Waals surface area contributed by atoms with E-state index in [1.165, 1.54) is 19.2 Å². The molecule has 1 fully saturated rings. The van der Waals surface area contributed by atoms with Gasteiger partial charge in [-0.1, -0.05) is 0 Å². The van der Waals surface area contributed by atoms with Gasteiger partial charge in [-0.25, -0.2) is 13.1 Å². The molecule has 1 aliphatic rings. The maximum Gasteiger partial charge on any atom is 0.253 e. The Hall–Kier alpha value is -1.15. The molecule has 1 unspecified atom stereocenters. The molecule has 1 saturated heterocycles. The van der Waals surface area contributed by atoms with Crippen LogP contribution in [0, 0.1) is 5.92 Å². The Morgan fingerprint density at radius 1 is 1.26 bits per heavy atom. The number of hydrogen-bond donors (Lipinski definition) is 2. The quantitative estimate of drug-likeness (QED) is 0.822. The van der Waals surface area contributed by atoms with Gasteiger partial charge in [0.2, 0.25) is 10.0 Å². The zero-order valence-corrected chi connectivity index (χ0v) is 15.0. The summed E-state index contributed by atoms with van der Waals surface area (Å²) in [6, 6.07) is 6.09. The number of halogens is 1. The lowest BCUT2D eigenvalue weighted by Gasteiger charge is -2.32. The van der Waals surface area contributed by atoms with Gasteiger partial charge < -0.3 is 10.2 Å². The first-order valence-corrected chi connectivity index (χ1v) is 8.93. The summed E-state index contributed by atoms with van der Waals surface area (Å²) in [4.78, 5) is 14.5. The summed E-state index contributed by atoms with van der Waals surface area (Å²) in [5.74, 6) is 0.445. The summed E-state index contributed by atoms with van der Waals surface area (Å²) >= 11 is 0. The lowest BCUT2D eigenvalue weighted by atomic mass is 9.97. The second-order valence-corrected chi connectivity index (χ2v) is 7.44. The number of amides is 1. The van der Waals surface area contributed by atoms with Gasteiger partial charge in [0.05, 0.1) is 4.90 Å². The van der Waals surface area contributed by atoms with Crippen molar-refractivity contribution in [3.8, 4) is 0 Å². The molecule has 0 aliphatic carbocycles. The summed E-state index contributed by atoms with van der Waals surface area (Å²) in [5, 5.41) is 3.16. The van der Waals surface area contributed by atoms with E-state index in [0.717, 1.165) is 32.5 Å². The molecule has 2 N–H and O–H groups in total. The third-order valence-electron chi connectivity index (χ3n) is 3.98. The number of carbonyl (C=O) groups is 1. The summed E-state index contributed by atoms with van der Waals surface area (Å²) < 4.78 is 25.6. The summed E-state index contributed by atoms with van der Waals surface area (Å²) in [7, 11) is -0.181. The van der Waals surface area contributed by atoms with E-state index in [-0.39, 0.29) is 23.2 Å². The van der Waals surface area contributed by atoms with Gasteiger partial charge in [-0.3, -0.25) is 4.79 Å². The molecule has 1 aliphatic heterocycles. The van der Waals surface area contributed by atoms with Crippen LogP contribution >= 0.6 is 12.4 Å². The molecule has 0 radical (unpaired) electrons. The molecule has 0 saturated carbocycles. The third-order valence-corrected chi connectivity index (χ3v) is 5.41. The van der Waals surface area contributed by atoms with E-state index >= 15 is 0 Å². The Morgan fingerprint density at radius 3 is 2.48 bits per heavy atom. The molecule has 130 valence electrons. The van der Waals surface area contributed by atoms with E-state index in [1.807, 2.05) is 11.9 Å². The Labute approximate surface area is 144 Å². The van der Waals surface area contributed by atoms with Crippen molar-refractivity contribution in [3.05, 3.63) is 29.8 Å². The van der Waals surface area contributed by atoms with Crippen LogP contribution < -0.4 is 10.0 Å². The Morgan fingerprint density at radius 2 is 1.91 bits per heavy atom. The van der Waals surface area contributed by atoms with Crippen molar-refractivity contribution in [2.24, 2.45) is 5.92 Å². The van der Waals surface area contributed by atoms with Gasteiger partial charge in [0.1, 0.15) is 0 Å². The highest BCUT2D eigenvalue weighted by atomic mass is 35.5. The lowest BCUT2D eigenvalue weighted by Crippen LogP contribution is -2.42. The normalized spacial score (nSPS) is 18.3. The van der Waals surface area contributed by atoms with E-state index in [9.17, 15) is 13.2 Å². The van der Waals surface area contributed by atoms with Crippen molar-refractivity contribution in [2.75, 3.05) is 33.7 Å². The average molecular weight is 362 g/mol. The smallest absolute Gasteiger partial charge is 0.253 e. The van der Waals surface area contributed by atoms with Crippen molar-refractivity contribution in [3.63, 3.8) is 0 Å². The fraction of sp³-hybridized carbons (Fsp3) is 0.533. The SMILES string of the molecule is CNCC1CCCN(C(=O)c2ccc(S(=O)(=O)NC)cc2)C1.Cl. The minimum absolute atomic E-state index is 0. The molecular weight excluding hydrogens is 338 g/mol. The number of nitrogens with one attached hydrogen (secondary N) is 2. The predicted molar refractivity (Wildman–Crippen MR) is 92.5 cm³/mol. The highest BCUT2D eigenvalue weighted by molar-refractivity contribution is 7.89. The van der Waals surface area contributed by atoms with Crippen LogP contribution in [0.25, 0.3) is 0 Å². The standard InChI is InChI=1S/C15H23N3O3S.ClH/c1-16-10-12-4-3-9-18(11-12)15(19)13-5-7-14(8-6-13)22(20,21)17-2;/h5-8,12,16-17H,3-4,9-11H2,1-2H3;1H. The van der Waals surface area contributed by atoms with Crippen LogP contribution in [0.1, 0.15) is 23.2 Å². The van der Waals surface area contributed by atoms with Crippen molar-refractivity contribution in [1.82, 2.24) is 14.9 Å². The molecule has 23 heavy (non-hydrogen) atoms. The largest absolute Gasteiger partial charge is 0.338 e. The summed E-state index contributed by atoms with van der Waals surface area (Å²) in [6.07, 6.45) is 2.13. The fourth-order valence-electron chi connectivity index (χ4n) is 2.78. The van der Waals surface area contributed by atoms with Crippen LogP contribution in [-0.4, -0.2) is 53.0 Å². The molecule has 0 bridgehead atoms. The second-order valence-electron chi connectivity index (χ2n) is 5.55. The minimum Gasteiger partial charge on any atom is -0.338 e. The Bertz CT molecular complexity index is 617. The maximum absolute atomic E-state index is 12.5. The first-order valence-electron chi connectivity index (χ1n) is 7.45. The van der Waals surface area contributed by atoms with Crippen LogP contribution in [-0.2, 0) is 10.0 Å². The molecule has 1 atom stereocenters. The number of hydrogen-bond acceptors (Lipinski definition) is 4. The average Bonchev–Trinajstić information content (AvgIpc) is 2.55. The first kappa shape index (κ1) is 19.9. The molecule has 1 heterocycles. The summed E-state index contributed by atoms with van der Waals surface area (Å²) in [5.41, 5.74) is 0.528. The van der Waals surface area contributed by atoms with Crippen LogP contribution in [0.2, 0.25) is 0 Å².